The Labute approximate surface area is 120 Å². The van der Waals surface area contributed by atoms with Gasteiger partial charge in [0.15, 0.2) is 5.78 Å². The number of Topliss-reactive ketones (excluding diaryl/α,β-unsaturated/α-hetero) is 1. The zero-order valence-corrected chi connectivity index (χ0v) is 12.1. The molecule has 0 saturated heterocycles. The largest absolute Gasteiger partial charge is 0.355 e. The summed E-state index contributed by atoms with van der Waals surface area (Å²) in [6.07, 6.45) is 3.56. The van der Waals surface area contributed by atoms with E-state index in [1.54, 1.807) is 6.92 Å². The molecule has 0 atom stereocenters. The van der Waals surface area contributed by atoms with Crippen LogP contribution in [0.2, 0.25) is 0 Å². The van der Waals surface area contributed by atoms with Crippen LogP contribution in [0.25, 0.3) is 0 Å². The predicted octanol–water partition coefficient (Wildman–Crippen LogP) is 4.98. The molecule has 1 N–H and O–H groups in total. The van der Waals surface area contributed by atoms with Gasteiger partial charge in [0.05, 0.1) is 0 Å². The lowest BCUT2D eigenvalue weighted by Gasteiger charge is -2.10. The maximum atomic E-state index is 11.6. The van der Waals surface area contributed by atoms with Crippen LogP contribution in [0.15, 0.2) is 48.5 Å². The van der Waals surface area contributed by atoms with Gasteiger partial charge in [-0.15, -0.1) is 0 Å². The number of rotatable bonds is 6. The lowest BCUT2D eigenvalue weighted by Crippen LogP contribution is -2.00. The third-order valence-corrected chi connectivity index (χ3v) is 3.36. The Bertz CT molecular complexity index is 572. The smallest absolute Gasteiger partial charge is 0.161 e. The van der Waals surface area contributed by atoms with Crippen LogP contribution in [-0.4, -0.2) is 5.78 Å². The number of nitrogens with one attached hydrogen (secondary N) is 1. The quantitative estimate of drug-likeness (QED) is 0.748. The maximum absolute atomic E-state index is 11.6. The highest BCUT2D eigenvalue weighted by atomic mass is 16.1. The third kappa shape index (κ3) is 3.70. The second-order valence-corrected chi connectivity index (χ2v) is 5.03. The number of hydrogen-bond donors (Lipinski definition) is 1. The summed E-state index contributed by atoms with van der Waals surface area (Å²) < 4.78 is 0. The summed E-state index contributed by atoms with van der Waals surface area (Å²) in [6.45, 7) is 3.79. The minimum Gasteiger partial charge on any atom is -0.355 e. The summed E-state index contributed by atoms with van der Waals surface area (Å²) >= 11 is 0. The number of carbonyl (C=O) groups excluding carboxylic acids is 1. The second-order valence-electron chi connectivity index (χ2n) is 5.03. The summed E-state index contributed by atoms with van der Waals surface area (Å²) in [7, 11) is 0. The number of para-hydroxylation sites is 1. The van der Waals surface area contributed by atoms with E-state index in [1.807, 2.05) is 24.3 Å². The Morgan fingerprint density at radius 1 is 1.05 bits per heavy atom. The number of ketones is 1. The van der Waals surface area contributed by atoms with Crippen LogP contribution < -0.4 is 5.32 Å². The Morgan fingerprint density at radius 3 is 2.40 bits per heavy atom. The lowest BCUT2D eigenvalue weighted by atomic mass is 10.1. The molecule has 0 bridgehead atoms. The van der Waals surface area contributed by atoms with Crippen LogP contribution in [0, 0.1) is 0 Å². The molecule has 0 heterocycles. The fourth-order valence-electron chi connectivity index (χ4n) is 2.19. The van der Waals surface area contributed by atoms with Crippen molar-refractivity contribution in [3.63, 3.8) is 0 Å². The maximum Gasteiger partial charge on any atom is 0.161 e. The molecule has 0 spiro atoms. The molecule has 0 saturated carbocycles. The zero-order chi connectivity index (χ0) is 14.4. The summed E-state index contributed by atoms with van der Waals surface area (Å²) in [4.78, 5) is 11.6. The first-order valence-electron chi connectivity index (χ1n) is 7.16. The van der Waals surface area contributed by atoms with Crippen LogP contribution in [0.1, 0.15) is 42.6 Å². The van der Waals surface area contributed by atoms with Crippen LogP contribution in [0.4, 0.5) is 11.4 Å². The minimum absolute atomic E-state index is 0.0765. The van der Waals surface area contributed by atoms with E-state index in [0.717, 1.165) is 23.4 Å². The highest BCUT2D eigenvalue weighted by Gasteiger charge is 2.06. The summed E-state index contributed by atoms with van der Waals surface area (Å²) in [5.74, 6) is 0.0765. The van der Waals surface area contributed by atoms with E-state index in [1.165, 1.54) is 18.4 Å². The number of benzene rings is 2. The van der Waals surface area contributed by atoms with E-state index in [-0.39, 0.29) is 5.78 Å². The zero-order valence-electron chi connectivity index (χ0n) is 12.1. The van der Waals surface area contributed by atoms with Gasteiger partial charge in [0.25, 0.3) is 0 Å². The highest BCUT2D eigenvalue weighted by molar-refractivity contribution is 6.00. The molecule has 2 aromatic carbocycles. The van der Waals surface area contributed by atoms with Crippen molar-refractivity contribution in [3.05, 3.63) is 59.7 Å². The minimum atomic E-state index is 0.0765. The number of unbranched alkanes of at least 4 members (excludes halogenated alkanes) is 1. The van der Waals surface area contributed by atoms with Gasteiger partial charge in [0, 0.05) is 16.9 Å². The average Bonchev–Trinajstić information content (AvgIpc) is 2.47. The molecular formula is C18H21NO. The van der Waals surface area contributed by atoms with Gasteiger partial charge in [0.1, 0.15) is 0 Å². The fraction of sp³-hybridized carbons (Fsp3) is 0.278. The van der Waals surface area contributed by atoms with Gasteiger partial charge in [0.2, 0.25) is 0 Å². The number of aryl methyl sites for hydroxylation is 1. The number of carbonyl (C=O) groups is 1. The van der Waals surface area contributed by atoms with Gasteiger partial charge in [-0.1, -0.05) is 37.6 Å². The standard InChI is InChI=1S/C18H21NO/c1-3-4-7-15-10-12-16(13-11-15)19-18-9-6-5-8-17(18)14(2)20/h5-6,8-13,19H,3-4,7H2,1-2H3. The number of hydrogen-bond acceptors (Lipinski definition) is 2. The predicted molar refractivity (Wildman–Crippen MR) is 84.8 cm³/mol. The van der Waals surface area contributed by atoms with Gasteiger partial charge in [-0.3, -0.25) is 4.79 Å². The van der Waals surface area contributed by atoms with E-state index in [4.69, 9.17) is 0 Å². The van der Waals surface area contributed by atoms with Gasteiger partial charge in [-0.25, -0.2) is 0 Å². The van der Waals surface area contributed by atoms with E-state index < -0.39 is 0 Å². The van der Waals surface area contributed by atoms with Crippen molar-refractivity contribution in [2.45, 2.75) is 33.1 Å². The molecule has 0 aliphatic carbocycles. The molecule has 2 aromatic rings. The van der Waals surface area contributed by atoms with Crippen molar-refractivity contribution < 1.29 is 4.79 Å². The van der Waals surface area contributed by atoms with Crippen molar-refractivity contribution in [3.8, 4) is 0 Å². The molecule has 2 nitrogen and oxygen atoms in total. The lowest BCUT2D eigenvalue weighted by molar-refractivity contribution is 0.101. The molecule has 0 unspecified atom stereocenters. The average molecular weight is 267 g/mol. The highest BCUT2D eigenvalue weighted by Crippen LogP contribution is 2.21. The Hall–Kier alpha value is -2.09. The third-order valence-electron chi connectivity index (χ3n) is 3.36. The topological polar surface area (TPSA) is 29.1 Å². The summed E-state index contributed by atoms with van der Waals surface area (Å²) in [6, 6.07) is 16.0. The first kappa shape index (κ1) is 14.3. The molecule has 2 rings (SSSR count). The second kappa shape index (κ2) is 6.90. The Morgan fingerprint density at radius 2 is 1.75 bits per heavy atom. The Balaban J connectivity index is 2.12. The van der Waals surface area contributed by atoms with Crippen molar-refractivity contribution in [1.29, 1.82) is 0 Å². The first-order chi connectivity index (χ1) is 9.70. The van der Waals surface area contributed by atoms with E-state index in [0.29, 0.717) is 0 Å². The monoisotopic (exact) mass is 267 g/mol. The van der Waals surface area contributed by atoms with E-state index in [2.05, 4.69) is 36.5 Å². The molecule has 20 heavy (non-hydrogen) atoms. The number of anilines is 2. The fourth-order valence-corrected chi connectivity index (χ4v) is 2.19. The molecule has 104 valence electrons. The normalized spacial score (nSPS) is 10.3. The first-order valence-corrected chi connectivity index (χ1v) is 7.16. The van der Waals surface area contributed by atoms with Crippen molar-refractivity contribution in [2.24, 2.45) is 0 Å². The van der Waals surface area contributed by atoms with Gasteiger partial charge in [-0.05, 0) is 49.6 Å². The SMILES string of the molecule is CCCCc1ccc(Nc2ccccc2C(C)=O)cc1. The van der Waals surface area contributed by atoms with E-state index in [9.17, 15) is 4.79 Å². The molecule has 0 amide bonds. The van der Waals surface area contributed by atoms with Crippen molar-refractivity contribution in [1.82, 2.24) is 0 Å². The van der Waals surface area contributed by atoms with Crippen LogP contribution >= 0.6 is 0 Å². The van der Waals surface area contributed by atoms with E-state index >= 15 is 0 Å². The van der Waals surface area contributed by atoms with Crippen LogP contribution in [0.5, 0.6) is 0 Å². The van der Waals surface area contributed by atoms with Gasteiger partial charge in [-0.2, -0.15) is 0 Å². The van der Waals surface area contributed by atoms with Crippen LogP contribution in [-0.2, 0) is 6.42 Å². The molecule has 2 heteroatoms. The summed E-state index contributed by atoms with van der Waals surface area (Å²) in [5, 5.41) is 3.32. The van der Waals surface area contributed by atoms with Crippen molar-refractivity contribution >= 4 is 17.2 Å². The van der Waals surface area contributed by atoms with Crippen molar-refractivity contribution in [2.75, 3.05) is 5.32 Å². The Kier molecular flexibility index (Phi) is 4.94. The van der Waals surface area contributed by atoms with Crippen LogP contribution in [0.3, 0.4) is 0 Å². The molecular weight excluding hydrogens is 246 g/mol. The van der Waals surface area contributed by atoms with Gasteiger partial charge >= 0.3 is 0 Å². The van der Waals surface area contributed by atoms with Gasteiger partial charge < -0.3 is 5.32 Å². The molecule has 0 aliphatic rings. The summed E-state index contributed by atoms with van der Waals surface area (Å²) in [5.41, 5.74) is 3.96. The molecule has 0 radical (unpaired) electrons. The molecule has 0 aromatic heterocycles. The molecule has 0 fully saturated rings. The molecule has 0 aliphatic heterocycles.